The smallest absolute Gasteiger partial charge is 0.358 e. The number of halogens is 2. The van der Waals surface area contributed by atoms with Gasteiger partial charge in [-0.2, -0.15) is 36.0 Å². The molecule has 0 unspecified atom stereocenters. The van der Waals surface area contributed by atoms with Crippen LogP contribution in [-0.2, 0) is 64.0 Å². The lowest BCUT2D eigenvalue weighted by atomic mass is 10.1. The molecule has 18 nitrogen and oxygen atoms in total. The first kappa shape index (κ1) is 53.0. The molecule has 0 radical (unpaired) electrons. The Bertz CT molecular complexity index is 2350. The standard InChI is InChI=1S/C9H13ClN2O2.C9H14N2O3.C8H11N3O.C8H9N3.C7H7BrN2/c1-6-7(4-5-10)8(9(13)14-3)11-12(6)2;1-6-7(4-5-12)8(9(13)14-3)10-11(6)2;1-6-7(3-4-12)8(5-9)10-11(6)2;1-4-7-6(2)11(3)10-8(7)5-9;1-4-6-7(8)5(2)10(3)9-6/h4-5H2,1-3H3;12H,4-5H2,1-3H3;12H,3-4H2,1-2H3;4H,1H2,2-3H3;1H,2-3H3. The largest absolute Gasteiger partial charge is 0.464 e. The quantitative estimate of drug-likeness (QED) is 0.120. The highest BCUT2D eigenvalue weighted by Crippen LogP contribution is 2.19. The predicted octanol–water partition coefficient (Wildman–Crippen LogP) is 4.20. The topological polar surface area (TPSA) is 230 Å². The summed E-state index contributed by atoms with van der Waals surface area (Å²) in [4.78, 5) is 22.6. The van der Waals surface area contributed by atoms with Gasteiger partial charge in [-0.25, -0.2) is 9.59 Å². The number of esters is 2. The van der Waals surface area contributed by atoms with Crippen molar-refractivity contribution in [2.24, 2.45) is 35.2 Å². The number of carbonyl (C=O) groups excluding carboxylic acids is 2. The molecule has 20 heteroatoms. The van der Waals surface area contributed by atoms with Crippen LogP contribution in [0.25, 0.3) is 6.08 Å². The lowest BCUT2D eigenvalue weighted by Gasteiger charge is -1.99. The van der Waals surface area contributed by atoms with Gasteiger partial charge in [-0.15, -0.1) is 18.0 Å². The Morgan fingerprint density at radius 2 is 1.07 bits per heavy atom. The van der Waals surface area contributed by atoms with Gasteiger partial charge in [0.15, 0.2) is 22.8 Å². The minimum Gasteiger partial charge on any atom is -0.464 e. The summed E-state index contributed by atoms with van der Waals surface area (Å²) in [5.41, 5.74) is 10.3. The fourth-order valence-corrected chi connectivity index (χ4v) is 6.05. The van der Waals surface area contributed by atoms with Crippen LogP contribution < -0.4 is 0 Å². The fourth-order valence-electron chi connectivity index (χ4n) is 5.41. The van der Waals surface area contributed by atoms with Gasteiger partial charge in [0.2, 0.25) is 0 Å². The van der Waals surface area contributed by atoms with Crippen molar-refractivity contribution < 1.29 is 29.3 Å². The summed E-state index contributed by atoms with van der Waals surface area (Å²) in [6, 6.07) is 4.00. The van der Waals surface area contributed by atoms with Crippen LogP contribution in [0.4, 0.5) is 0 Å². The van der Waals surface area contributed by atoms with Crippen molar-refractivity contribution in [1.29, 1.82) is 10.5 Å². The second kappa shape index (κ2) is 25.6. The Morgan fingerprint density at radius 3 is 1.41 bits per heavy atom. The number of hydrogen-bond acceptors (Lipinski definition) is 13. The first-order valence-electron chi connectivity index (χ1n) is 18.4. The Hall–Kier alpha value is -6.04. The van der Waals surface area contributed by atoms with E-state index in [1.165, 1.54) is 14.2 Å². The molecule has 0 aromatic carbocycles. The number of aliphatic hydroxyl groups is 2. The minimum atomic E-state index is -0.461. The second-order valence-corrected chi connectivity index (χ2v) is 14.1. The van der Waals surface area contributed by atoms with Crippen LogP contribution in [0.15, 0.2) is 11.1 Å². The number of aliphatic hydroxyl groups excluding tert-OH is 2. The molecule has 0 atom stereocenters. The third-order valence-electron chi connectivity index (χ3n) is 9.39. The molecule has 61 heavy (non-hydrogen) atoms. The Labute approximate surface area is 370 Å². The Morgan fingerprint density at radius 1 is 0.689 bits per heavy atom. The van der Waals surface area contributed by atoms with Crippen LogP contribution in [0.1, 0.15) is 88.8 Å². The Kier molecular flexibility index (Phi) is 22.2. The van der Waals surface area contributed by atoms with E-state index in [2.05, 4.69) is 63.4 Å². The van der Waals surface area contributed by atoms with E-state index in [-0.39, 0.29) is 13.2 Å². The molecule has 0 bridgehead atoms. The van der Waals surface area contributed by atoms with Crippen LogP contribution in [-0.4, -0.2) is 104 Å². The second-order valence-electron chi connectivity index (χ2n) is 12.9. The summed E-state index contributed by atoms with van der Waals surface area (Å²) >= 11 is 8.98. The highest BCUT2D eigenvalue weighted by Gasteiger charge is 2.20. The maximum atomic E-state index is 11.3. The van der Waals surface area contributed by atoms with Gasteiger partial charge < -0.3 is 19.7 Å². The van der Waals surface area contributed by atoms with Gasteiger partial charge in [-0.05, 0) is 69.3 Å². The van der Waals surface area contributed by atoms with Crippen molar-refractivity contribution in [3.05, 3.63) is 90.2 Å². The summed E-state index contributed by atoms with van der Waals surface area (Å²) in [6.45, 7) is 13.2. The first-order chi connectivity index (χ1) is 28.8. The zero-order valence-corrected chi connectivity index (χ0v) is 39.1. The van der Waals surface area contributed by atoms with Gasteiger partial charge >= 0.3 is 11.9 Å². The van der Waals surface area contributed by atoms with Crippen LogP contribution in [0, 0.1) is 69.6 Å². The lowest BCUT2D eigenvalue weighted by Crippen LogP contribution is -2.06. The zero-order chi connectivity index (χ0) is 46.7. The van der Waals surface area contributed by atoms with Crippen molar-refractivity contribution in [3.63, 3.8) is 0 Å². The number of rotatable bonds is 9. The third kappa shape index (κ3) is 13.7. The molecule has 0 fully saturated rings. The van der Waals surface area contributed by atoms with E-state index in [0.29, 0.717) is 53.6 Å². The van der Waals surface area contributed by atoms with Gasteiger partial charge in [0, 0.05) is 106 Å². The minimum absolute atomic E-state index is 0.00344. The van der Waals surface area contributed by atoms with Crippen LogP contribution >= 0.6 is 27.5 Å². The molecule has 5 aromatic heterocycles. The number of carbonyl (C=O) groups is 2. The van der Waals surface area contributed by atoms with Crippen molar-refractivity contribution >= 4 is 45.5 Å². The highest BCUT2D eigenvalue weighted by molar-refractivity contribution is 9.10. The molecule has 0 saturated heterocycles. The maximum Gasteiger partial charge on any atom is 0.358 e. The molecule has 5 heterocycles. The number of methoxy groups -OCH3 is 2. The number of alkyl halides is 1. The molecular formula is C41H54BrClN12O6. The summed E-state index contributed by atoms with van der Waals surface area (Å²) in [5.74, 6) is 2.08. The number of nitriles is 2. The van der Waals surface area contributed by atoms with Crippen LogP contribution in [0.2, 0.25) is 0 Å². The zero-order valence-electron chi connectivity index (χ0n) is 36.8. The molecule has 0 aliphatic rings. The lowest BCUT2D eigenvalue weighted by molar-refractivity contribution is 0.0583. The molecule has 0 spiro atoms. The number of aryl methyl sites for hydroxylation is 5. The summed E-state index contributed by atoms with van der Waals surface area (Å²) in [7, 11) is 11.7. The van der Waals surface area contributed by atoms with Crippen LogP contribution in [0.3, 0.4) is 0 Å². The van der Waals surface area contributed by atoms with Crippen molar-refractivity contribution in [2.75, 3.05) is 33.3 Å². The van der Waals surface area contributed by atoms with Crippen molar-refractivity contribution in [2.45, 2.75) is 53.9 Å². The van der Waals surface area contributed by atoms with E-state index >= 15 is 0 Å². The van der Waals surface area contributed by atoms with Crippen molar-refractivity contribution in [1.82, 2.24) is 48.9 Å². The summed E-state index contributed by atoms with van der Waals surface area (Å²) < 4.78 is 18.5. The number of aromatic nitrogens is 10. The molecule has 2 N–H and O–H groups in total. The number of hydrogen-bond donors (Lipinski definition) is 2. The van der Waals surface area contributed by atoms with E-state index in [4.69, 9.17) is 38.8 Å². The van der Waals surface area contributed by atoms with Gasteiger partial charge in [-0.3, -0.25) is 23.4 Å². The molecule has 0 amide bonds. The molecule has 0 aliphatic heterocycles. The van der Waals surface area contributed by atoms with Gasteiger partial charge in [0.05, 0.1) is 24.4 Å². The van der Waals surface area contributed by atoms with E-state index in [0.717, 1.165) is 55.2 Å². The average Bonchev–Trinajstić information content (AvgIpc) is 3.97. The summed E-state index contributed by atoms with van der Waals surface area (Å²) in [5, 5.41) is 55.0. The fraction of sp³-hybridized carbons (Fsp3) is 0.439. The SMILES string of the molecule is C#Cc1nn(C)c(C)c1Br.C=Cc1c(C#N)nn(C)c1C.COC(=O)c1nn(C)c(C)c1CCCl.COC(=O)c1nn(C)c(C)c1CCO.Cc1c(CCO)c(C#N)nn1C. The Balaban J connectivity index is 0.000000383. The van der Waals surface area contributed by atoms with Gasteiger partial charge in [0.1, 0.15) is 17.8 Å². The number of nitrogens with zero attached hydrogens (tertiary/aromatic N) is 12. The molecule has 328 valence electrons. The maximum absolute atomic E-state index is 11.3. The molecular weight excluding hydrogens is 872 g/mol. The van der Waals surface area contributed by atoms with E-state index in [1.807, 2.05) is 60.9 Å². The number of terminal acetylenes is 1. The van der Waals surface area contributed by atoms with E-state index < -0.39 is 11.9 Å². The first-order valence-corrected chi connectivity index (χ1v) is 19.8. The predicted molar refractivity (Wildman–Crippen MR) is 234 cm³/mol. The molecule has 5 rings (SSSR count). The van der Waals surface area contributed by atoms with Gasteiger partial charge in [0.25, 0.3) is 0 Å². The van der Waals surface area contributed by atoms with Crippen molar-refractivity contribution in [3.8, 4) is 24.5 Å². The van der Waals surface area contributed by atoms with Gasteiger partial charge in [-0.1, -0.05) is 12.7 Å². The summed E-state index contributed by atoms with van der Waals surface area (Å²) in [6.07, 6.45) is 8.38. The highest BCUT2D eigenvalue weighted by atomic mass is 79.9. The number of ether oxygens (including phenoxy) is 2. The molecule has 0 saturated carbocycles. The molecule has 5 aromatic rings. The average molecular weight is 926 g/mol. The van der Waals surface area contributed by atoms with E-state index in [1.54, 1.807) is 50.6 Å². The monoisotopic (exact) mass is 924 g/mol. The van der Waals surface area contributed by atoms with E-state index in [9.17, 15) is 9.59 Å². The van der Waals surface area contributed by atoms with Crippen LogP contribution in [0.5, 0.6) is 0 Å². The third-order valence-corrected chi connectivity index (χ3v) is 10.5. The molecule has 0 aliphatic carbocycles. The normalized spacial score (nSPS) is 9.85.